The van der Waals surface area contributed by atoms with Crippen molar-refractivity contribution in [3.63, 3.8) is 0 Å². The molecule has 0 aliphatic heterocycles. The van der Waals surface area contributed by atoms with E-state index in [0.717, 1.165) is 21.5 Å². The van der Waals surface area contributed by atoms with Gasteiger partial charge in [-0.25, -0.2) is 0 Å². The van der Waals surface area contributed by atoms with E-state index in [1.165, 1.54) is 24.3 Å². The Labute approximate surface area is 164 Å². The van der Waals surface area contributed by atoms with Gasteiger partial charge >= 0.3 is 0 Å². The first kappa shape index (κ1) is 18.6. The lowest BCUT2D eigenvalue weighted by Crippen LogP contribution is -1.97. The summed E-state index contributed by atoms with van der Waals surface area (Å²) >= 11 is 0. The van der Waals surface area contributed by atoms with Gasteiger partial charge in [0.15, 0.2) is 0 Å². The maximum atomic E-state index is 11.2. The Morgan fingerprint density at radius 1 is 0.571 bits per heavy atom. The third-order valence-corrected chi connectivity index (χ3v) is 5.71. The minimum absolute atomic E-state index is 0.00352. The second-order valence-corrected chi connectivity index (χ2v) is 8.75. The zero-order chi connectivity index (χ0) is 21.1. The van der Waals surface area contributed by atoms with Gasteiger partial charge in [0.25, 0.3) is 20.2 Å². The van der Waals surface area contributed by atoms with E-state index in [0.29, 0.717) is 0 Å². The average Bonchev–Trinajstić information content (AvgIpc) is 2.73. The van der Waals surface area contributed by atoms with Crippen molar-refractivity contribution in [3.05, 3.63) is 84.9 Å². The third-order valence-electron chi connectivity index (χ3n) is 4.03. The average molecular weight is 417 g/mol. The second-order valence-electron chi connectivity index (χ2n) is 5.95. The number of benzene rings is 4. The molecule has 0 fully saturated rings. The van der Waals surface area contributed by atoms with E-state index in [1.807, 2.05) is 36.4 Å². The van der Waals surface area contributed by atoms with Gasteiger partial charge in [-0.05, 0) is 45.8 Å². The number of rotatable bonds is 3. The molecule has 0 amide bonds. The molecular formula is C20H16O6S2. The van der Waals surface area contributed by atoms with E-state index in [2.05, 4.69) is 4.56 Å². The summed E-state index contributed by atoms with van der Waals surface area (Å²) in [6.07, 6.45) is 0. The highest BCUT2D eigenvalue weighted by Crippen LogP contribution is 2.19. The summed E-state index contributed by atoms with van der Waals surface area (Å²) < 4.78 is 63.1. The van der Waals surface area contributed by atoms with Crippen molar-refractivity contribution in [1.82, 2.24) is 0 Å². The Balaban J connectivity index is 0.000000166. The molecule has 144 valence electrons. The van der Waals surface area contributed by atoms with E-state index in [4.69, 9.17) is 5.98 Å². The highest BCUT2D eigenvalue weighted by molar-refractivity contribution is 7.86. The Bertz CT molecular complexity index is 1380. The SMILES string of the molecule is O=S(=O)(O)c1ccc2ccccc2c1.[2H]OS(=O)(=O)c1ccc2ccccc2c1. The van der Waals surface area contributed by atoms with Crippen LogP contribution in [-0.2, 0) is 20.2 Å². The van der Waals surface area contributed by atoms with Crippen molar-refractivity contribution < 1.29 is 25.9 Å². The minimum Gasteiger partial charge on any atom is -0.282 e. The van der Waals surface area contributed by atoms with Crippen molar-refractivity contribution in [2.24, 2.45) is 0 Å². The molecule has 0 aliphatic rings. The van der Waals surface area contributed by atoms with Crippen molar-refractivity contribution >= 4 is 41.8 Å². The molecule has 0 aromatic heterocycles. The lowest BCUT2D eigenvalue weighted by molar-refractivity contribution is 0.481. The Morgan fingerprint density at radius 2 is 0.964 bits per heavy atom. The topological polar surface area (TPSA) is 109 Å². The van der Waals surface area contributed by atoms with E-state index in [9.17, 15) is 16.8 Å². The van der Waals surface area contributed by atoms with Crippen molar-refractivity contribution in [1.29, 1.82) is 1.43 Å². The van der Waals surface area contributed by atoms with Crippen LogP contribution in [0.2, 0.25) is 0 Å². The number of fused-ring (bicyclic) bond motifs is 2. The van der Waals surface area contributed by atoms with E-state index in [1.54, 1.807) is 24.3 Å². The molecule has 2 N–H and O–H groups in total. The zero-order valence-corrected chi connectivity index (χ0v) is 16.0. The molecule has 8 heteroatoms. The first-order valence-electron chi connectivity index (χ1n) is 8.46. The van der Waals surface area contributed by atoms with Gasteiger partial charge in [0.05, 0.1) is 9.79 Å². The summed E-state index contributed by atoms with van der Waals surface area (Å²) in [6.45, 7) is 0. The van der Waals surface area contributed by atoms with Crippen LogP contribution in [0.5, 0.6) is 0 Å². The summed E-state index contributed by atoms with van der Waals surface area (Å²) in [6, 6.07) is 23.8. The molecule has 0 bridgehead atoms. The third kappa shape index (κ3) is 4.73. The van der Waals surface area contributed by atoms with Crippen molar-refractivity contribution in [3.8, 4) is 0 Å². The number of hydrogen-bond donors (Lipinski definition) is 2. The standard InChI is InChI=1S/2C10H8O3S/c2*11-14(12,13)10-6-5-8-3-1-2-4-9(8)7-10/h2*1-7H,(H,11,12,13)/i/hD. The molecule has 0 saturated heterocycles. The fraction of sp³-hybridized carbons (Fsp3) is 0. The minimum atomic E-state index is -4.09. The fourth-order valence-corrected chi connectivity index (χ4v) is 3.67. The van der Waals surface area contributed by atoms with Crippen molar-refractivity contribution in [2.45, 2.75) is 9.79 Å². The summed E-state index contributed by atoms with van der Waals surface area (Å²) in [4.78, 5) is -0.0765. The second kappa shape index (κ2) is 7.69. The van der Waals surface area contributed by atoms with Gasteiger partial charge in [-0.1, -0.05) is 60.7 Å². The quantitative estimate of drug-likeness (QED) is 0.484. The predicted octanol–water partition coefficient (Wildman–Crippen LogP) is 4.17. The zero-order valence-electron chi connectivity index (χ0n) is 15.4. The van der Waals surface area contributed by atoms with Crippen LogP contribution in [-0.4, -0.2) is 25.9 Å². The van der Waals surface area contributed by atoms with Gasteiger partial charge in [-0.15, -0.1) is 0 Å². The van der Waals surface area contributed by atoms with Gasteiger partial charge in [0.2, 0.25) is 1.43 Å². The van der Waals surface area contributed by atoms with Crippen LogP contribution < -0.4 is 0 Å². The molecule has 0 atom stereocenters. The van der Waals surface area contributed by atoms with Crippen LogP contribution in [0.25, 0.3) is 23.0 Å². The van der Waals surface area contributed by atoms with Crippen LogP contribution in [0.3, 0.4) is 0 Å². The molecule has 0 unspecified atom stereocenters. The van der Waals surface area contributed by atoms with Crippen molar-refractivity contribution in [2.75, 3.05) is 0 Å². The smallest absolute Gasteiger partial charge is 0.282 e. The molecule has 28 heavy (non-hydrogen) atoms. The van der Waals surface area contributed by atoms with Crippen LogP contribution in [0.1, 0.15) is 0 Å². The summed E-state index contributed by atoms with van der Waals surface area (Å²) in [7, 11) is -8.02. The molecule has 6 nitrogen and oxygen atoms in total. The molecule has 0 spiro atoms. The summed E-state index contributed by atoms with van der Waals surface area (Å²) in [5.41, 5.74) is 0. The molecular weight excluding hydrogens is 400 g/mol. The largest absolute Gasteiger partial charge is 0.294 e. The molecule has 4 aromatic rings. The number of hydrogen-bond acceptors (Lipinski definition) is 5. The lowest BCUT2D eigenvalue weighted by atomic mass is 10.1. The normalized spacial score (nSPS) is 12.2. The maximum absolute atomic E-state index is 11.2. The van der Waals surface area contributed by atoms with Gasteiger partial charge in [-0.3, -0.25) is 9.11 Å². The van der Waals surface area contributed by atoms with Crippen LogP contribution in [0.4, 0.5) is 0 Å². The van der Waals surface area contributed by atoms with Gasteiger partial charge in [-0.2, -0.15) is 16.8 Å². The highest BCUT2D eigenvalue weighted by atomic mass is 32.2. The summed E-state index contributed by atoms with van der Waals surface area (Å²) in [5, 5.41) is 3.49. The lowest BCUT2D eigenvalue weighted by Gasteiger charge is -1.99. The Morgan fingerprint density at radius 3 is 1.36 bits per heavy atom. The van der Waals surface area contributed by atoms with Crippen LogP contribution in [0, 0.1) is 0 Å². The van der Waals surface area contributed by atoms with Crippen LogP contribution in [0.15, 0.2) is 94.7 Å². The van der Waals surface area contributed by atoms with Crippen LogP contribution >= 0.6 is 0 Å². The van der Waals surface area contributed by atoms with Gasteiger partial charge < -0.3 is 0 Å². The van der Waals surface area contributed by atoms with E-state index in [-0.39, 0.29) is 9.79 Å². The molecule has 4 rings (SSSR count). The Kier molecular flexibility index (Phi) is 5.10. The predicted molar refractivity (Wildman–Crippen MR) is 108 cm³/mol. The summed E-state index contributed by atoms with van der Waals surface area (Å²) in [5.74, 6) is 0. The fourth-order valence-electron chi connectivity index (χ4n) is 2.65. The van der Waals surface area contributed by atoms with Gasteiger partial charge in [0.1, 0.15) is 0 Å². The molecule has 0 radical (unpaired) electrons. The maximum Gasteiger partial charge on any atom is 0.294 e. The first-order chi connectivity index (χ1) is 13.7. The van der Waals surface area contributed by atoms with Gasteiger partial charge in [0, 0.05) is 0 Å². The highest BCUT2D eigenvalue weighted by Gasteiger charge is 2.09. The molecule has 0 aliphatic carbocycles. The van der Waals surface area contributed by atoms with E-state index >= 15 is 0 Å². The molecule has 0 heterocycles. The Hall–Kier alpha value is -2.78. The monoisotopic (exact) mass is 417 g/mol. The molecule has 4 aromatic carbocycles. The first-order valence-corrected chi connectivity index (χ1v) is 10.9. The molecule has 0 saturated carbocycles. The van der Waals surface area contributed by atoms with E-state index < -0.39 is 20.2 Å².